The highest BCUT2D eigenvalue weighted by Crippen LogP contribution is 2.16. The Hall–Kier alpha value is -0.620. The van der Waals surface area contributed by atoms with Gasteiger partial charge in [0.2, 0.25) is 5.54 Å². The van der Waals surface area contributed by atoms with Gasteiger partial charge in [-0.25, -0.2) is 9.59 Å². The Morgan fingerprint density at radius 1 is 1.29 bits per heavy atom. The number of halogens is 1. The zero-order chi connectivity index (χ0) is 13.3. The molecule has 5 nitrogen and oxygen atoms in total. The second kappa shape index (κ2) is 8.47. The van der Waals surface area contributed by atoms with Crippen LogP contribution in [0.25, 0.3) is 0 Å². The van der Waals surface area contributed by atoms with Gasteiger partial charge in [0.1, 0.15) is 0 Å². The van der Waals surface area contributed by atoms with Crippen molar-refractivity contribution < 1.29 is 19.4 Å². The highest BCUT2D eigenvalue weighted by Gasteiger charge is 2.43. The fourth-order valence-corrected chi connectivity index (χ4v) is 1.80. The Kier molecular flexibility index (Phi) is 8.16. The number of aliphatic carboxylic acids is 1. The first-order valence-electron chi connectivity index (χ1n) is 5.74. The number of unbranched alkanes of at least 4 members (excludes halogenated alkanes) is 3. The Labute approximate surface area is 110 Å². The quantitative estimate of drug-likeness (QED) is 0.293. The number of carboxylic acid groups (broad SMARTS) is 1. The van der Waals surface area contributed by atoms with Crippen LogP contribution in [0.4, 0.5) is 0 Å². The molecule has 6 heteroatoms. The molecule has 0 aliphatic rings. The van der Waals surface area contributed by atoms with Gasteiger partial charge in [0.15, 0.2) is 0 Å². The number of hydrogen-bond acceptors (Lipinski definition) is 4. The van der Waals surface area contributed by atoms with Crippen LogP contribution >= 0.6 is 15.9 Å². The van der Waals surface area contributed by atoms with Crippen LogP contribution in [0.15, 0.2) is 0 Å². The second-order valence-corrected chi connectivity index (χ2v) is 4.64. The van der Waals surface area contributed by atoms with Crippen molar-refractivity contribution in [2.24, 2.45) is 5.73 Å². The van der Waals surface area contributed by atoms with Gasteiger partial charge in [-0.15, -0.1) is 0 Å². The molecule has 0 radical (unpaired) electrons. The van der Waals surface area contributed by atoms with Gasteiger partial charge in [0.25, 0.3) is 0 Å². The highest BCUT2D eigenvalue weighted by atomic mass is 79.9. The number of nitrogens with two attached hydrogens (primary N) is 1. The van der Waals surface area contributed by atoms with E-state index in [1.54, 1.807) is 6.92 Å². The molecule has 0 aliphatic heterocycles. The van der Waals surface area contributed by atoms with Gasteiger partial charge in [-0.05, 0) is 19.8 Å². The molecule has 0 saturated heterocycles. The molecular formula is C11H20BrNO4. The second-order valence-electron chi connectivity index (χ2n) is 3.85. The minimum Gasteiger partial charge on any atom is -0.479 e. The normalized spacial score (nSPS) is 14.1. The number of ether oxygens (including phenoxy) is 1. The smallest absolute Gasteiger partial charge is 0.337 e. The van der Waals surface area contributed by atoms with E-state index < -0.39 is 17.5 Å². The minimum atomic E-state index is -1.90. The van der Waals surface area contributed by atoms with Crippen molar-refractivity contribution in [1.29, 1.82) is 0 Å². The Morgan fingerprint density at radius 3 is 2.35 bits per heavy atom. The fourth-order valence-electron chi connectivity index (χ4n) is 1.41. The summed E-state index contributed by atoms with van der Waals surface area (Å²) in [4.78, 5) is 22.5. The molecule has 3 N–H and O–H groups in total. The lowest BCUT2D eigenvalue weighted by molar-refractivity contribution is -0.161. The lowest BCUT2D eigenvalue weighted by atomic mass is 9.93. The lowest BCUT2D eigenvalue weighted by Gasteiger charge is -2.22. The maximum Gasteiger partial charge on any atom is 0.337 e. The molecule has 0 spiro atoms. The third kappa shape index (κ3) is 5.50. The van der Waals surface area contributed by atoms with Gasteiger partial charge < -0.3 is 15.6 Å². The minimum absolute atomic E-state index is 0.115. The molecule has 0 aromatic rings. The molecule has 0 bridgehead atoms. The van der Waals surface area contributed by atoms with Crippen LogP contribution in [0.3, 0.4) is 0 Å². The first-order valence-corrected chi connectivity index (χ1v) is 6.86. The topological polar surface area (TPSA) is 89.6 Å². The van der Waals surface area contributed by atoms with E-state index in [9.17, 15) is 9.59 Å². The number of carbonyl (C=O) groups excluding carboxylic acids is 1. The largest absolute Gasteiger partial charge is 0.479 e. The van der Waals surface area contributed by atoms with Crippen LogP contribution in [0.5, 0.6) is 0 Å². The van der Waals surface area contributed by atoms with Crippen LogP contribution in [-0.4, -0.2) is 34.5 Å². The summed E-state index contributed by atoms with van der Waals surface area (Å²) >= 11 is 3.32. The van der Waals surface area contributed by atoms with Crippen molar-refractivity contribution in [3.8, 4) is 0 Å². The summed E-state index contributed by atoms with van der Waals surface area (Å²) in [6.07, 6.45) is 3.60. The first kappa shape index (κ1) is 16.4. The average molecular weight is 310 g/mol. The summed E-state index contributed by atoms with van der Waals surface area (Å²) in [7, 11) is 0. The number of hydrogen-bond donors (Lipinski definition) is 2. The highest BCUT2D eigenvalue weighted by molar-refractivity contribution is 9.09. The number of rotatable bonds is 9. The zero-order valence-corrected chi connectivity index (χ0v) is 11.7. The van der Waals surface area contributed by atoms with E-state index in [1.807, 2.05) is 0 Å². The SMILES string of the molecule is CCOC(=O)C(N)(CCCCCCBr)C(=O)O. The van der Waals surface area contributed by atoms with E-state index in [-0.39, 0.29) is 13.0 Å². The van der Waals surface area contributed by atoms with E-state index in [0.717, 1.165) is 24.6 Å². The van der Waals surface area contributed by atoms with Gasteiger partial charge in [0.05, 0.1) is 6.61 Å². The fraction of sp³-hybridized carbons (Fsp3) is 0.818. The van der Waals surface area contributed by atoms with Crippen LogP contribution < -0.4 is 5.73 Å². The van der Waals surface area contributed by atoms with Gasteiger partial charge >= 0.3 is 11.9 Å². The molecule has 1 atom stereocenters. The van der Waals surface area contributed by atoms with E-state index in [2.05, 4.69) is 15.9 Å². The van der Waals surface area contributed by atoms with E-state index in [0.29, 0.717) is 6.42 Å². The Bertz CT molecular complexity index is 260. The van der Waals surface area contributed by atoms with Crippen molar-refractivity contribution in [1.82, 2.24) is 0 Å². The maximum absolute atomic E-state index is 11.5. The molecule has 0 saturated carbocycles. The summed E-state index contributed by atoms with van der Waals surface area (Å²) in [6, 6.07) is 0. The van der Waals surface area contributed by atoms with Crippen molar-refractivity contribution in [2.75, 3.05) is 11.9 Å². The van der Waals surface area contributed by atoms with Crippen LogP contribution in [0, 0.1) is 0 Å². The average Bonchev–Trinajstić information content (AvgIpc) is 2.28. The van der Waals surface area contributed by atoms with E-state index >= 15 is 0 Å². The number of alkyl halides is 1. The molecule has 0 amide bonds. The van der Waals surface area contributed by atoms with Gasteiger partial charge in [-0.1, -0.05) is 35.2 Å². The Morgan fingerprint density at radius 2 is 1.88 bits per heavy atom. The van der Waals surface area contributed by atoms with Crippen LogP contribution in [-0.2, 0) is 14.3 Å². The number of carboxylic acids is 1. The van der Waals surface area contributed by atoms with E-state index in [4.69, 9.17) is 15.6 Å². The van der Waals surface area contributed by atoms with Gasteiger partial charge in [0, 0.05) is 5.33 Å². The summed E-state index contributed by atoms with van der Waals surface area (Å²) < 4.78 is 4.69. The third-order valence-electron chi connectivity index (χ3n) is 2.48. The molecule has 0 aromatic heterocycles. The summed E-state index contributed by atoms with van der Waals surface area (Å²) in [5, 5.41) is 9.93. The van der Waals surface area contributed by atoms with Crippen LogP contribution in [0.1, 0.15) is 39.0 Å². The van der Waals surface area contributed by atoms with Gasteiger partial charge in [-0.2, -0.15) is 0 Å². The monoisotopic (exact) mass is 309 g/mol. The van der Waals surface area contributed by atoms with Crippen molar-refractivity contribution >= 4 is 27.9 Å². The molecule has 0 aliphatic carbocycles. The first-order chi connectivity index (χ1) is 7.99. The molecule has 1 unspecified atom stereocenters. The zero-order valence-electron chi connectivity index (χ0n) is 10.1. The molecular weight excluding hydrogens is 290 g/mol. The molecule has 0 heterocycles. The van der Waals surface area contributed by atoms with Crippen molar-refractivity contribution in [3.05, 3.63) is 0 Å². The van der Waals surface area contributed by atoms with Crippen LogP contribution in [0.2, 0.25) is 0 Å². The molecule has 100 valence electrons. The van der Waals surface area contributed by atoms with Crippen molar-refractivity contribution in [3.63, 3.8) is 0 Å². The maximum atomic E-state index is 11.5. The van der Waals surface area contributed by atoms with Gasteiger partial charge in [-0.3, -0.25) is 0 Å². The molecule has 0 fully saturated rings. The van der Waals surface area contributed by atoms with Crippen molar-refractivity contribution in [2.45, 2.75) is 44.6 Å². The molecule has 17 heavy (non-hydrogen) atoms. The summed E-state index contributed by atoms with van der Waals surface area (Å²) in [6.45, 7) is 1.75. The number of esters is 1. The third-order valence-corrected chi connectivity index (χ3v) is 3.04. The lowest BCUT2D eigenvalue weighted by Crippen LogP contribution is -2.55. The summed E-state index contributed by atoms with van der Waals surface area (Å²) in [5.41, 5.74) is 3.70. The molecule has 0 rings (SSSR count). The standard InChI is InChI=1S/C11H20BrNO4/c1-2-17-10(16)11(13,9(14)15)7-5-3-4-6-8-12/h2-8,13H2,1H3,(H,14,15). The molecule has 0 aromatic carbocycles. The Balaban J connectivity index is 4.22. The number of carbonyl (C=O) groups is 2. The predicted octanol–water partition coefficient (Wildman–Crippen LogP) is 1.68. The van der Waals surface area contributed by atoms with E-state index in [1.165, 1.54) is 0 Å². The summed E-state index contributed by atoms with van der Waals surface area (Å²) in [5.74, 6) is -2.18. The predicted molar refractivity (Wildman–Crippen MR) is 68.1 cm³/mol.